The van der Waals surface area contributed by atoms with Crippen LogP contribution in [0.15, 0.2) is 42.5 Å². The van der Waals surface area contributed by atoms with E-state index in [0.29, 0.717) is 17.8 Å². The Morgan fingerprint density at radius 2 is 1.89 bits per heavy atom. The summed E-state index contributed by atoms with van der Waals surface area (Å²) in [5, 5.41) is 2.79. The van der Waals surface area contributed by atoms with Crippen molar-refractivity contribution in [3.05, 3.63) is 59.2 Å². The van der Waals surface area contributed by atoms with Crippen LogP contribution in [0, 0.1) is 19.8 Å². The van der Waals surface area contributed by atoms with E-state index < -0.39 is 11.9 Å². The molecular weight excluding hydrogens is 356 g/mol. The highest BCUT2D eigenvalue weighted by atomic mass is 16.5. The smallest absolute Gasteiger partial charge is 0.340 e. The molecule has 0 aromatic heterocycles. The molecule has 2 aromatic rings. The molecule has 0 radical (unpaired) electrons. The van der Waals surface area contributed by atoms with Gasteiger partial charge in [0.2, 0.25) is 11.8 Å². The lowest BCUT2D eigenvalue weighted by molar-refractivity contribution is -0.122. The number of rotatable bonds is 5. The lowest BCUT2D eigenvalue weighted by atomic mass is 10.1. The summed E-state index contributed by atoms with van der Waals surface area (Å²) < 4.78 is 5.04. The molecule has 1 saturated heterocycles. The fourth-order valence-electron chi connectivity index (χ4n) is 3.24. The van der Waals surface area contributed by atoms with Crippen LogP contribution in [0.3, 0.4) is 0 Å². The van der Waals surface area contributed by atoms with E-state index in [2.05, 4.69) is 5.32 Å². The highest BCUT2D eigenvalue weighted by Crippen LogP contribution is 2.28. The fraction of sp³-hybridized carbons (Fsp3) is 0.318. The summed E-state index contributed by atoms with van der Waals surface area (Å²) in [7, 11) is 0. The van der Waals surface area contributed by atoms with Gasteiger partial charge in [0.25, 0.3) is 0 Å². The second-order valence-corrected chi connectivity index (χ2v) is 6.93. The number of anilines is 2. The molecule has 146 valence electrons. The number of carbonyl (C=O) groups excluding carboxylic acids is 3. The lowest BCUT2D eigenvalue weighted by Gasteiger charge is -2.18. The molecule has 1 heterocycles. The van der Waals surface area contributed by atoms with Gasteiger partial charge >= 0.3 is 5.97 Å². The molecule has 1 atom stereocenters. The number of amides is 2. The van der Waals surface area contributed by atoms with Gasteiger partial charge in [-0.2, -0.15) is 0 Å². The third-order valence-corrected chi connectivity index (χ3v) is 4.98. The maximum atomic E-state index is 12.7. The second-order valence-electron chi connectivity index (χ2n) is 6.93. The molecule has 1 aliphatic heterocycles. The quantitative estimate of drug-likeness (QED) is 0.806. The van der Waals surface area contributed by atoms with E-state index in [1.54, 1.807) is 36.1 Å². The zero-order valence-corrected chi connectivity index (χ0v) is 16.3. The van der Waals surface area contributed by atoms with E-state index in [1.807, 2.05) is 32.0 Å². The molecule has 3 rings (SSSR count). The Morgan fingerprint density at radius 1 is 1.14 bits per heavy atom. The van der Waals surface area contributed by atoms with E-state index in [9.17, 15) is 14.4 Å². The summed E-state index contributed by atoms with van der Waals surface area (Å²) in [6.07, 6.45) is 0.139. The van der Waals surface area contributed by atoms with Crippen molar-refractivity contribution in [1.29, 1.82) is 0 Å². The molecule has 1 fully saturated rings. The van der Waals surface area contributed by atoms with Crippen LogP contribution in [0.2, 0.25) is 0 Å². The number of benzene rings is 2. The molecule has 1 aliphatic rings. The molecule has 0 spiro atoms. The Bertz CT molecular complexity index is 923. The van der Waals surface area contributed by atoms with Crippen LogP contribution in [-0.2, 0) is 14.3 Å². The number of esters is 1. The Kier molecular flexibility index (Phi) is 5.78. The van der Waals surface area contributed by atoms with Gasteiger partial charge in [-0.05, 0) is 56.2 Å². The van der Waals surface area contributed by atoms with Crippen molar-refractivity contribution in [2.24, 2.45) is 5.92 Å². The van der Waals surface area contributed by atoms with E-state index in [0.717, 1.165) is 16.8 Å². The van der Waals surface area contributed by atoms with Gasteiger partial charge in [-0.15, -0.1) is 0 Å². The molecule has 6 heteroatoms. The van der Waals surface area contributed by atoms with Crippen LogP contribution in [0.25, 0.3) is 0 Å². The zero-order valence-electron chi connectivity index (χ0n) is 16.3. The van der Waals surface area contributed by atoms with Crippen molar-refractivity contribution in [1.82, 2.24) is 0 Å². The van der Waals surface area contributed by atoms with Crippen molar-refractivity contribution in [3.8, 4) is 0 Å². The number of hydrogen-bond acceptors (Lipinski definition) is 4. The minimum atomic E-state index is -0.488. The summed E-state index contributed by atoms with van der Waals surface area (Å²) in [5.74, 6) is -1.33. The van der Waals surface area contributed by atoms with Crippen LogP contribution in [0.1, 0.15) is 34.8 Å². The van der Waals surface area contributed by atoms with Crippen LogP contribution in [-0.4, -0.2) is 30.9 Å². The molecule has 6 nitrogen and oxygen atoms in total. The van der Waals surface area contributed by atoms with Gasteiger partial charge < -0.3 is 15.0 Å². The molecule has 0 aliphatic carbocycles. The number of nitrogens with zero attached hydrogens (tertiary/aromatic N) is 1. The molecule has 1 N–H and O–H groups in total. The minimum absolute atomic E-state index is 0.0814. The van der Waals surface area contributed by atoms with Crippen LogP contribution < -0.4 is 10.2 Å². The Morgan fingerprint density at radius 3 is 2.61 bits per heavy atom. The minimum Gasteiger partial charge on any atom is -0.462 e. The predicted octanol–water partition coefficient (Wildman–Crippen LogP) is 3.47. The second kappa shape index (κ2) is 8.25. The molecule has 0 bridgehead atoms. The average Bonchev–Trinajstić information content (AvgIpc) is 3.06. The standard InChI is InChI=1S/C22H24N2O4/c1-4-28-22(27)18-7-5-6-8-19(18)23-21(26)16-12-20(25)24(13-16)17-10-9-14(2)15(3)11-17/h5-11,16H,4,12-13H2,1-3H3,(H,23,26)/t16-/m1/s1. The van der Waals surface area contributed by atoms with Gasteiger partial charge in [0.15, 0.2) is 0 Å². The SMILES string of the molecule is CCOC(=O)c1ccccc1NC(=O)[C@@H]1CC(=O)N(c2ccc(C)c(C)c2)C1. The monoisotopic (exact) mass is 380 g/mol. The molecule has 28 heavy (non-hydrogen) atoms. The third-order valence-electron chi connectivity index (χ3n) is 4.98. The van der Waals surface area contributed by atoms with Gasteiger partial charge in [0.1, 0.15) is 0 Å². The first-order chi connectivity index (χ1) is 13.4. The van der Waals surface area contributed by atoms with E-state index >= 15 is 0 Å². The van der Waals surface area contributed by atoms with Gasteiger partial charge in [0, 0.05) is 18.7 Å². The first-order valence-electron chi connectivity index (χ1n) is 9.35. The zero-order chi connectivity index (χ0) is 20.3. The highest BCUT2D eigenvalue weighted by Gasteiger charge is 2.35. The van der Waals surface area contributed by atoms with E-state index in [4.69, 9.17) is 4.74 Å². The Balaban J connectivity index is 1.73. The normalized spacial score (nSPS) is 16.2. The fourth-order valence-corrected chi connectivity index (χ4v) is 3.24. The first kappa shape index (κ1) is 19.6. The summed E-state index contributed by atoms with van der Waals surface area (Å²) in [5.41, 5.74) is 3.74. The van der Waals surface area contributed by atoms with Crippen LogP contribution in [0.4, 0.5) is 11.4 Å². The summed E-state index contributed by atoms with van der Waals surface area (Å²) >= 11 is 0. The van der Waals surface area contributed by atoms with Gasteiger partial charge in [-0.1, -0.05) is 18.2 Å². The number of nitrogens with one attached hydrogen (secondary N) is 1. The maximum Gasteiger partial charge on any atom is 0.340 e. The van der Waals surface area contributed by atoms with Crippen molar-refractivity contribution < 1.29 is 19.1 Å². The van der Waals surface area contributed by atoms with E-state index in [-0.39, 0.29) is 24.8 Å². The van der Waals surface area contributed by atoms with Crippen molar-refractivity contribution in [2.75, 3.05) is 23.4 Å². The molecule has 0 saturated carbocycles. The van der Waals surface area contributed by atoms with Gasteiger partial charge in [0.05, 0.1) is 23.8 Å². The lowest BCUT2D eigenvalue weighted by Crippen LogP contribution is -2.28. The van der Waals surface area contributed by atoms with Gasteiger partial charge in [-0.3, -0.25) is 9.59 Å². The predicted molar refractivity (Wildman–Crippen MR) is 107 cm³/mol. The number of para-hydroxylation sites is 1. The number of aryl methyl sites for hydroxylation is 2. The average molecular weight is 380 g/mol. The van der Waals surface area contributed by atoms with E-state index in [1.165, 1.54) is 0 Å². The summed E-state index contributed by atoms with van der Waals surface area (Å²) in [4.78, 5) is 38.9. The summed E-state index contributed by atoms with van der Waals surface area (Å²) in [6.45, 7) is 6.31. The molecule has 2 aromatic carbocycles. The third kappa shape index (κ3) is 4.06. The van der Waals surface area contributed by atoms with Crippen molar-refractivity contribution in [2.45, 2.75) is 27.2 Å². The molecule has 2 amide bonds. The molecule has 0 unspecified atom stereocenters. The topological polar surface area (TPSA) is 75.7 Å². The largest absolute Gasteiger partial charge is 0.462 e. The van der Waals surface area contributed by atoms with Crippen molar-refractivity contribution in [3.63, 3.8) is 0 Å². The Hall–Kier alpha value is -3.15. The maximum absolute atomic E-state index is 12.7. The van der Waals surface area contributed by atoms with Crippen LogP contribution in [0.5, 0.6) is 0 Å². The summed E-state index contributed by atoms with van der Waals surface area (Å²) in [6, 6.07) is 12.5. The number of ether oxygens (including phenoxy) is 1. The Labute approximate surface area is 164 Å². The van der Waals surface area contributed by atoms with Gasteiger partial charge in [-0.25, -0.2) is 4.79 Å². The number of carbonyl (C=O) groups is 3. The first-order valence-corrected chi connectivity index (χ1v) is 9.35. The van der Waals surface area contributed by atoms with Crippen LogP contribution >= 0.6 is 0 Å². The van der Waals surface area contributed by atoms with Crippen molar-refractivity contribution >= 4 is 29.2 Å². The molecular formula is C22H24N2O4. The highest BCUT2D eigenvalue weighted by molar-refractivity contribution is 6.06. The number of hydrogen-bond donors (Lipinski definition) is 1.